The lowest BCUT2D eigenvalue weighted by molar-refractivity contribution is 0.247. The molecule has 22 heavy (non-hydrogen) atoms. The molecule has 1 radical (unpaired) electrons. The third kappa shape index (κ3) is 19.3. The summed E-state index contributed by atoms with van der Waals surface area (Å²) < 4.78 is 0. The van der Waals surface area contributed by atoms with Crippen molar-refractivity contribution >= 4 is 6.03 Å². The lowest BCUT2D eigenvalue weighted by atomic mass is 10.0. The van der Waals surface area contributed by atoms with E-state index in [0.717, 1.165) is 6.42 Å². The van der Waals surface area contributed by atoms with E-state index >= 15 is 0 Å². The lowest BCUT2D eigenvalue weighted by Gasteiger charge is -2.04. The molecule has 0 aliphatic heterocycles. The van der Waals surface area contributed by atoms with Crippen LogP contribution in [0.3, 0.4) is 0 Å². The second-order valence-corrected chi connectivity index (χ2v) is 6.56. The number of carbonyl (C=O) groups excluding carboxylic acids is 1. The van der Waals surface area contributed by atoms with Crippen LogP contribution in [-0.4, -0.2) is 12.6 Å². The van der Waals surface area contributed by atoms with Gasteiger partial charge in [0.15, 0.2) is 0 Å². The molecule has 0 atom stereocenters. The fraction of sp³-hybridized carbons (Fsp3) is 0.947. The Morgan fingerprint density at radius 2 is 0.955 bits per heavy atom. The minimum Gasteiger partial charge on any atom is -0.337 e. The summed E-state index contributed by atoms with van der Waals surface area (Å²) in [6.07, 6.45) is 21.8. The molecule has 131 valence electrons. The van der Waals surface area contributed by atoms with E-state index in [9.17, 15) is 4.79 Å². The van der Waals surface area contributed by atoms with Gasteiger partial charge >= 0.3 is 6.03 Å². The molecule has 0 aromatic rings. The highest BCUT2D eigenvalue weighted by Crippen LogP contribution is 2.13. The summed E-state index contributed by atoms with van der Waals surface area (Å²) >= 11 is 0. The average molecular weight is 312 g/mol. The van der Waals surface area contributed by atoms with E-state index in [0.29, 0.717) is 6.54 Å². The minimum absolute atomic E-state index is 0.652. The van der Waals surface area contributed by atoms with E-state index in [2.05, 4.69) is 12.2 Å². The van der Waals surface area contributed by atoms with Gasteiger partial charge in [0.25, 0.3) is 0 Å². The molecular formula is C19H39N2O. The Morgan fingerprint density at radius 1 is 0.636 bits per heavy atom. The summed E-state index contributed by atoms with van der Waals surface area (Å²) in [6.45, 7) is 2.94. The maximum atomic E-state index is 10.4. The third-order valence-corrected chi connectivity index (χ3v) is 4.32. The maximum absolute atomic E-state index is 10.4. The molecule has 0 aromatic carbocycles. The lowest BCUT2D eigenvalue weighted by Crippen LogP contribution is -2.23. The first kappa shape index (κ1) is 21.3. The van der Waals surface area contributed by atoms with E-state index in [1.54, 1.807) is 0 Å². The van der Waals surface area contributed by atoms with Crippen molar-refractivity contribution in [2.45, 2.75) is 110 Å². The smallest absolute Gasteiger partial charge is 0.333 e. The SMILES string of the molecule is CCCCCCCCCCCCCCCCCCNC([NH])=O. The predicted molar refractivity (Wildman–Crippen MR) is 96.0 cm³/mol. The number of nitrogens with one attached hydrogen (secondary N) is 2. The van der Waals surface area contributed by atoms with Gasteiger partial charge in [-0.1, -0.05) is 103 Å². The number of hydrogen-bond donors (Lipinski definition) is 1. The van der Waals surface area contributed by atoms with Gasteiger partial charge in [-0.2, -0.15) is 0 Å². The van der Waals surface area contributed by atoms with Gasteiger partial charge in [-0.3, -0.25) is 0 Å². The predicted octanol–water partition coefficient (Wildman–Crippen LogP) is 6.24. The first-order valence-electron chi connectivity index (χ1n) is 9.76. The Hall–Kier alpha value is -0.730. The van der Waals surface area contributed by atoms with Crippen molar-refractivity contribution in [2.24, 2.45) is 0 Å². The summed E-state index contributed by atoms with van der Waals surface area (Å²) in [5.41, 5.74) is 6.72. The van der Waals surface area contributed by atoms with Gasteiger partial charge < -0.3 is 5.32 Å². The Kier molecular flexibility index (Phi) is 17.7. The van der Waals surface area contributed by atoms with Gasteiger partial charge in [0, 0.05) is 6.54 Å². The molecule has 0 aliphatic carbocycles. The van der Waals surface area contributed by atoms with Crippen molar-refractivity contribution in [3.8, 4) is 0 Å². The molecule has 0 rings (SSSR count). The van der Waals surface area contributed by atoms with Gasteiger partial charge in [-0.05, 0) is 6.42 Å². The summed E-state index contributed by atoms with van der Waals surface area (Å²) in [7, 11) is 0. The Morgan fingerprint density at radius 3 is 1.27 bits per heavy atom. The quantitative estimate of drug-likeness (QED) is 0.317. The van der Waals surface area contributed by atoms with Gasteiger partial charge in [-0.25, -0.2) is 10.5 Å². The van der Waals surface area contributed by atoms with E-state index < -0.39 is 6.03 Å². The largest absolute Gasteiger partial charge is 0.337 e. The van der Waals surface area contributed by atoms with E-state index in [1.165, 1.54) is 96.3 Å². The molecule has 0 heterocycles. The molecule has 0 spiro atoms. The first-order valence-corrected chi connectivity index (χ1v) is 9.76. The number of unbranched alkanes of at least 4 members (excludes halogenated alkanes) is 15. The minimum atomic E-state index is -0.652. The second-order valence-electron chi connectivity index (χ2n) is 6.56. The molecule has 0 aromatic heterocycles. The maximum Gasteiger partial charge on any atom is 0.333 e. The Bertz CT molecular complexity index is 231. The molecule has 0 saturated heterocycles. The van der Waals surface area contributed by atoms with E-state index in [4.69, 9.17) is 5.73 Å². The molecule has 0 aliphatic rings. The molecule has 3 nitrogen and oxygen atoms in total. The van der Waals surface area contributed by atoms with Gasteiger partial charge in [0.1, 0.15) is 0 Å². The molecule has 2 N–H and O–H groups in total. The zero-order valence-electron chi connectivity index (χ0n) is 14.9. The van der Waals surface area contributed by atoms with Crippen molar-refractivity contribution in [2.75, 3.05) is 6.54 Å². The van der Waals surface area contributed by atoms with Crippen LogP contribution in [-0.2, 0) is 0 Å². The highest BCUT2D eigenvalue weighted by atomic mass is 16.2. The van der Waals surface area contributed by atoms with Crippen LogP contribution in [0.5, 0.6) is 0 Å². The zero-order chi connectivity index (χ0) is 16.3. The van der Waals surface area contributed by atoms with E-state index in [-0.39, 0.29) is 0 Å². The average Bonchev–Trinajstić information content (AvgIpc) is 2.50. The normalized spacial score (nSPS) is 10.8. The number of urea groups is 1. The Labute approximate surface area is 138 Å². The number of rotatable bonds is 17. The topological polar surface area (TPSA) is 52.9 Å². The van der Waals surface area contributed by atoms with Gasteiger partial charge in [-0.15, -0.1) is 0 Å². The molecular weight excluding hydrogens is 272 g/mol. The highest BCUT2D eigenvalue weighted by molar-refractivity contribution is 5.70. The summed E-state index contributed by atoms with van der Waals surface area (Å²) in [6, 6.07) is -0.652. The van der Waals surface area contributed by atoms with Gasteiger partial charge in [0.05, 0.1) is 0 Å². The Balaban J connectivity index is 2.95. The monoisotopic (exact) mass is 311 g/mol. The van der Waals surface area contributed by atoms with Crippen LogP contribution >= 0.6 is 0 Å². The van der Waals surface area contributed by atoms with Crippen LogP contribution in [0.1, 0.15) is 110 Å². The van der Waals surface area contributed by atoms with Crippen molar-refractivity contribution in [1.82, 2.24) is 11.1 Å². The first-order chi connectivity index (χ1) is 10.8. The highest BCUT2D eigenvalue weighted by Gasteiger charge is 1.95. The van der Waals surface area contributed by atoms with Crippen molar-refractivity contribution in [3.63, 3.8) is 0 Å². The molecule has 0 fully saturated rings. The summed E-state index contributed by atoms with van der Waals surface area (Å²) in [5, 5.41) is 2.52. The molecule has 3 heteroatoms. The molecule has 0 saturated carbocycles. The zero-order valence-corrected chi connectivity index (χ0v) is 14.9. The van der Waals surface area contributed by atoms with Crippen molar-refractivity contribution in [1.29, 1.82) is 0 Å². The molecule has 0 unspecified atom stereocenters. The van der Waals surface area contributed by atoms with Crippen LogP contribution in [0.25, 0.3) is 0 Å². The fourth-order valence-electron chi connectivity index (χ4n) is 2.88. The second kappa shape index (κ2) is 18.3. The standard InChI is InChI=1S/C19H39N2O/c1-2-3-4-5-6-7-8-9-10-11-12-13-14-15-16-17-18-21-19(20)22/h20H,2-18H2,1H3,(H,21,22). The van der Waals surface area contributed by atoms with Crippen LogP contribution in [0, 0.1) is 0 Å². The van der Waals surface area contributed by atoms with E-state index in [1.807, 2.05) is 0 Å². The van der Waals surface area contributed by atoms with Crippen LogP contribution < -0.4 is 11.1 Å². The number of carbonyl (C=O) groups is 1. The molecule has 2 amide bonds. The van der Waals surface area contributed by atoms with Crippen LogP contribution in [0.4, 0.5) is 4.79 Å². The molecule has 0 bridgehead atoms. The third-order valence-electron chi connectivity index (χ3n) is 4.32. The summed E-state index contributed by atoms with van der Waals surface area (Å²) in [4.78, 5) is 10.4. The number of amides is 2. The van der Waals surface area contributed by atoms with Crippen molar-refractivity contribution < 1.29 is 4.79 Å². The van der Waals surface area contributed by atoms with Crippen LogP contribution in [0.15, 0.2) is 0 Å². The summed E-state index contributed by atoms with van der Waals surface area (Å²) in [5.74, 6) is 0. The van der Waals surface area contributed by atoms with Crippen LogP contribution in [0.2, 0.25) is 0 Å². The van der Waals surface area contributed by atoms with Gasteiger partial charge in [0.2, 0.25) is 0 Å². The van der Waals surface area contributed by atoms with Crippen molar-refractivity contribution in [3.05, 3.63) is 0 Å². The fourth-order valence-corrected chi connectivity index (χ4v) is 2.88. The number of hydrogen-bond acceptors (Lipinski definition) is 1.